The Labute approximate surface area is 117 Å². The molecule has 1 fully saturated rings. The van der Waals surface area contributed by atoms with Crippen LogP contribution in [0.1, 0.15) is 25.3 Å². The molecule has 0 heterocycles. The summed E-state index contributed by atoms with van der Waals surface area (Å²) in [5.41, 5.74) is 0.404. The minimum absolute atomic E-state index is 0.199. The van der Waals surface area contributed by atoms with E-state index in [1.54, 1.807) is 0 Å². The molecule has 1 aromatic rings. The second-order valence-corrected chi connectivity index (χ2v) is 5.11. The van der Waals surface area contributed by atoms with Gasteiger partial charge in [0.05, 0.1) is 11.0 Å². The maximum absolute atomic E-state index is 13.3. The standard InChI is InChI=1S/C14H20FN3O2/c1-2-17(13-3-4-13)6-5-16-10-11-7-12(15)9-14(8-11)18(19)20/h7-9,13,16H,2-6,10H2,1H3. The number of likely N-dealkylation sites (N-methyl/N-ethyl adjacent to an activating group) is 1. The van der Waals surface area contributed by atoms with Gasteiger partial charge in [-0.25, -0.2) is 4.39 Å². The number of benzene rings is 1. The molecule has 0 atom stereocenters. The third kappa shape index (κ3) is 4.25. The number of nitro groups is 1. The van der Waals surface area contributed by atoms with Gasteiger partial charge in [0.1, 0.15) is 5.82 Å². The predicted octanol–water partition coefficient (Wildman–Crippen LogP) is 2.31. The summed E-state index contributed by atoms with van der Waals surface area (Å²) in [6.07, 6.45) is 2.56. The summed E-state index contributed by atoms with van der Waals surface area (Å²) in [4.78, 5) is 12.5. The Morgan fingerprint density at radius 2 is 2.20 bits per heavy atom. The van der Waals surface area contributed by atoms with Gasteiger partial charge in [-0.05, 0) is 31.0 Å². The molecule has 1 aliphatic rings. The van der Waals surface area contributed by atoms with Crippen LogP contribution in [0.4, 0.5) is 10.1 Å². The van der Waals surface area contributed by atoms with Gasteiger partial charge in [0.25, 0.3) is 5.69 Å². The Morgan fingerprint density at radius 3 is 2.80 bits per heavy atom. The van der Waals surface area contributed by atoms with Crippen molar-refractivity contribution in [2.24, 2.45) is 0 Å². The van der Waals surface area contributed by atoms with Crippen molar-refractivity contribution in [1.29, 1.82) is 0 Å². The minimum Gasteiger partial charge on any atom is -0.311 e. The molecule has 0 aromatic heterocycles. The lowest BCUT2D eigenvalue weighted by Crippen LogP contribution is -2.33. The molecule has 0 bridgehead atoms. The van der Waals surface area contributed by atoms with Gasteiger partial charge in [-0.2, -0.15) is 0 Å². The van der Waals surface area contributed by atoms with Crippen LogP contribution >= 0.6 is 0 Å². The summed E-state index contributed by atoms with van der Waals surface area (Å²) in [5, 5.41) is 13.9. The second-order valence-electron chi connectivity index (χ2n) is 5.11. The molecule has 1 aromatic carbocycles. The van der Waals surface area contributed by atoms with Gasteiger partial charge in [-0.1, -0.05) is 6.92 Å². The van der Waals surface area contributed by atoms with Gasteiger partial charge in [0.15, 0.2) is 0 Å². The van der Waals surface area contributed by atoms with Crippen molar-refractivity contribution in [3.05, 3.63) is 39.7 Å². The number of nitrogens with zero attached hydrogens (tertiary/aromatic N) is 2. The highest BCUT2D eigenvalue weighted by atomic mass is 19.1. The number of nitrogens with one attached hydrogen (secondary N) is 1. The zero-order valence-corrected chi connectivity index (χ0v) is 11.6. The molecule has 0 unspecified atom stereocenters. The van der Waals surface area contributed by atoms with Gasteiger partial charge in [0.2, 0.25) is 0 Å². The molecule has 0 spiro atoms. The molecule has 1 N–H and O–H groups in total. The summed E-state index contributed by atoms with van der Waals surface area (Å²) in [5.74, 6) is -0.566. The van der Waals surface area contributed by atoms with Crippen molar-refractivity contribution >= 4 is 5.69 Å². The number of halogens is 1. The van der Waals surface area contributed by atoms with E-state index in [4.69, 9.17) is 0 Å². The molecule has 0 radical (unpaired) electrons. The third-order valence-corrected chi connectivity index (χ3v) is 3.53. The highest BCUT2D eigenvalue weighted by molar-refractivity contribution is 5.35. The first-order chi connectivity index (χ1) is 9.60. The molecule has 6 heteroatoms. The van der Waals surface area contributed by atoms with E-state index >= 15 is 0 Å². The number of hydrogen-bond acceptors (Lipinski definition) is 4. The van der Waals surface area contributed by atoms with E-state index in [1.165, 1.54) is 25.0 Å². The highest BCUT2D eigenvalue weighted by Crippen LogP contribution is 2.25. The van der Waals surface area contributed by atoms with Crippen molar-refractivity contribution in [1.82, 2.24) is 10.2 Å². The fourth-order valence-corrected chi connectivity index (χ4v) is 2.33. The third-order valence-electron chi connectivity index (χ3n) is 3.53. The van der Waals surface area contributed by atoms with Gasteiger partial charge >= 0.3 is 0 Å². The zero-order valence-electron chi connectivity index (χ0n) is 11.6. The van der Waals surface area contributed by atoms with E-state index in [0.717, 1.165) is 31.7 Å². The summed E-state index contributed by atoms with van der Waals surface area (Å²) in [6.45, 7) is 5.39. The smallest absolute Gasteiger partial charge is 0.272 e. The fraction of sp³-hybridized carbons (Fsp3) is 0.571. The lowest BCUT2D eigenvalue weighted by molar-refractivity contribution is -0.385. The van der Waals surface area contributed by atoms with Crippen molar-refractivity contribution in [3.63, 3.8) is 0 Å². The van der Waals surface area contributed by atoms with Crippen molar-refractivity contribution < 1.29 is 9.31 Å². The average Bonchev–Trinajstić information content (AvgIpc) is 3.22. The van der Waals surface area contributed by atoms with Crippen molar-refractivity contribution in [2.75, 3.05) is 19.6 Å². The first-order valence-electron chi connectivity index (χ1n) is 6.98. The van der Waals surface area contributed by atoms with Crippen molar-refractivity contribution in [3.8, 4) is 0 Å². The second kappa shape index (κ2) is 6.76. The molecule has 1 aliphatic carbocycles. The zero-order chi connectivity index (χ0) is 14.5. The summed E-state index contributed by atoms with van der Waals surface area (Å²) < 4.78 is 13.3. The molecular weight excluding hydrogens is 261 g/mol. The van der Waals surface area contributed by atoms with E-state index < -0.39 is 10.7 Å². The Balaban J connectivity index is 1.80. The molecule has 0 saturated heterocycles. The normalized spacial score (nSPS) is 14.8. The van der Waals surface area contributed by atoms with Crippen LogP contribution in [0.25, 0.3) is 0 Å². The SMILES string of the molecule is CCN(CCNCc1cc(F)cc([N+](=O)[O-])c1)C1CC1. The lowest BCUT2D eigenvalue weighted by Gasteiger charge is -2.19. The van der Waals surface area contributed by atoms with Gasteiger partial charge in [-0.15, -0.1) is 0 Å². The van der Waals surface area contributed by atoms with E-state index in [-0.39, 0.29) is 5.69 Å². The Morgan fingerprint density at radius 1 is 1.45 bits per heavy atom. The van der Waals surface area contributed by atoms with Crippen LogP contribution < -0.4 is 5.32 Å². The van der Waals surface area contributed by atoms with E-state index in [2.05, 4.69) is 17.1 Å². The molecule has 110 valence electrons. The summed E-state index contributed by atoms with van der Waals surface area (Å²) >= 11 is 0. The summed E-state index contributed by atoms with van der Waals surface area (Å²) in [6, 6.07) is 4.42. The highest BCUT2D eigenvalue weighted by Gasteiger charge is 2.26. The molecule has 1 saturated carbocycles. The Kier molecular flexibility index (Phi) is 5.03. The van der Waals surface area contributed by atoms with Gasteiger partial charge in [-0.3, -0.25) is 15.0 Å². The van der Waals surface area contributed by atoms with Crippen LogP contribution in [0.5, 0.6) is 0 Å². The molecular formula is C14H20FN3O2. The predicted molar refractivity (Wildman–Crippen MR) is 75.0 cm³/mol. The number of rotatable bonds is 8. The van der Waals surface area contributed by atoms with E-state index in [0.29, 0.717) is 12.1 Å². The lowest BCUT2D eigenvalue weighted by atomic mass is 10.2. The quantitative estimate of drug-likeness (QED) is 0.451. The van der Waals surface area contributed by atoms with Crippen LogP contribution in [0, 0.1) is 15.9 Å². The maximum atomic E-state index is 13.3. The van der Waals surface area contributed by atoms with E-state index in [1.807, 2.05) is 0 Å². The number of nitro benzene ring substituents is 1. The Hall–Kier alpha value is -1.53. The number of hydrogen-bond donors (Lipinski definition) is 1. The minimum atomic E-state index is -0.571. The van der Waals surface area contributed by atoms with Gasteiger partial charge in [0, 0.05) is 31.7 Å². The fourth-order valence-electron chi connectivity index (χ4n) is 2.33. The maximum Gasteiger partial charge on any atom is 0.272 e. The van der Waals surface area contributed by atoms with Gasteiger partial charge < -0.3 is 5.32 Å². The van der Waals surface area contributed by atoms with E-state index in [9.17, 15) is 14.5 Å². The van der Waals surface area contributed by atoms with Crippen LogP contribution in [-0.2, 0) is 6.54 Å². The molecule has 0 aliphatic heterocycles. The van der Waals surface area contributed by atoms with Crippen LogP contribution in [0.2, 0.25) is 0 Å². The molecule has 20 heavy (non-hydrogen) atoms. The molecule has 5 nitrogen and oxygen atoms in total. The largest absolute Gasteiger partial charge is 0.311 e. The van der Waals surface area contributed by atoms with Crippen LogP contribution in [0.3, 0.4) is 0 Å². The van der Waals surface area contributed by atoms with Crippen LogP contribution in [-0.4, -0.2) is 35.5 Å². The van der Waals surface area contributed by atoms with Crippen LogP contribution in [0.15, 0.2) is 18.2 Å². The van der Waals surface area contributed by atoms with Crippen molar-refractivity contribution in [2.45, 2.75) is 32.4 Å². The Bertz CT molecular complexity index is 477. The topological polar surface area (TPSA) is 58.4 Å². The summed E-state index contributed by atoms with van der Waals surface area (Å²) in [7, 11) is 0. The molecule has 2 rings (SSSR count). The molecule has 0 amide bonds. The number of non-ortho nitro benzene ring substituents is 1. The first kappa shape index (κ1) is 14.9. The first-order valence-corrected chi connectivity index (χ1v) is 6.98. The monoisotopic (exact) mass is 281 g/mol. The average molecular weight is 281 g/mol.